The fourth-order valence-corrected chi connectivity index (χ4v) is 0. The molecule has 0 bridgehead atoms. The minimum absolute atomic E-state index is 0. The van der Waals surface area contributed by atoms with E-state index in [9.17, 15) is 0 Å². The Morgan fingerprint density at radius 1 is 1.60 bits per heavy atom. The summed E-state index contributed by atoms with van der Waals surface area (Å²) in [4.78, 5) is 8.00. The van der Waals surface area contributed by atoms with Crippen molar-refractivity contribution in [2.45, 2.75) is 0 Å². The maximum Gasteiger partial charge on any atom is 1.00 e. The Hall–Kier alpha value is 0.427. The van der Waals surface area contributed by atoms with Crippen molar-refractivity contribution in [2.24, 2.45) is 5.34 Å². The summed E-state index contributed by atoms with van der Waals surface area (Å²) in [6.45, 7) is 0. The molecule has 26 valence electrons. The minimum Gasteiger partial charge on any atom is -0.444 e. The fraction of sp³-hybridized carbons (Fsp3) is 0. The van der Waals surface area contributed by atoms with Crippen molar-refractivity contribution in [2.75, 3.05) is 0 Å². The molecule has 1 unspecified atom stereocenters. The molecule has 0 rings (SSSR count). The van der Waals surface area contributed by atoms with Crippen molar-refractivity contribution in [1.29, 1.82) is 0 Å². The third-order valence-corrected chi connectivity index (χ3v) is 0. The van der Waals surface area contributed by atoms with Gasteiger partial charge in [-0.05, 0) is 0 Å². The average molecular weight is 86.9 g/mol. The Balaban J connectivity index is -0.0000000200. The SMILES string of the molecule is O=N[O-].P.[Li+]. The van der Waals surface area contributed by atoms with Crippen LogP contribution in [-0.4, -0.2) is 0 Å². The van der Waals surface area contributed by atoms with Gasteiger partial charge in [-0.25, -0.2) is 0 Å². The summed E-state index contributed by atoms with van der Waals surface area (Å²) in [5.74, 6) is 0. The van der Waals surface area contributed by atoms with Gasteiger partial charge in [0.2, 0.25) is 0 Å². The van der Waals surface area contributed by atoms with Gasteiger partial charge in [0.25, 0.3) is 0 Å². The summed E-state index contributed by atoms with van der Waals surface area (Å²) in [6, 6.07) is 0. The predicted molar refractivity (Wildman–Crippen MR) is 20.3 cm³/mol. The van der Waals surface area contributed by atoms with E-state index >= 15 is 0 Å². The van der Waals surface area contributed by atoms with Gasteiger partial charge in [0.15, 0.2) is 0 Å². The van der Waals surface area contributed by atoms with E-state index in [1.165, 1.54) is 0 Å². The van der Waals surface area contributed by atoms with Gasteiger partial charge in [-0.3, -0.25) is 0 Å². The van der Waals surface area contributed by atoms with Crippen LogP contribution in [0.25, 0.3) is 0 Å². The van der Waals surface area contributed by atoms with Gasteiger partial charge in [-0.15, -0.1) is 5.34 Å². The molecule has 0 saturated heterocycles. The molecular formula is H3LiNO2P. The second-order valence-corrected chi connectivity index (χ2v) is 0.0745. The molecule has 5 heteroatoms. The van der Waals surface area contributed by atoms with Crippen molar-refractivity contribution < 1.29 is 18.9 Å². The molecule has 0 heterocycles. The molecule has 0 radical (unpaired) electrons. The molecule has 0 aromatic carbocycles. The summed E-state index contributed by atoms with van der Waals surface area (Å²) in [7, 11) is 0. The largest absolute Gasteiger partial charge is 1.00 e. The normalized spacial score (nSPS) is 2.40. The molecule has 1 atom stereocenters. The first kappa shape index (κ1) is 18.1. The summed E-state index contributed by atoms with van der Waals surface area (Å²) in [6.07, 6.45) is 0. The third-order valence-electron chi connectivity index (χ3n) is 0. The van der Waals surface area contributed by atoms with Crippen LogP contribution in [0.5, 0.6) is 0 Å². The zero-order valence-electron chi connectivity index (χ0n) is 2.97. The van der Waals surface area contributed by atoms with Crippen LogP contribution in [-0.2, 0) is 0 Å². The second kappa shape index (κ2) is 25.5. The van der Waals surface area contributed by atoms with Gasteiger partial charge >= 0.3 is 18.9 Å². The Kier molecular flexibility index (Phi) is 92.2. The first-order chi connectivity index (χ1) is 1.41. The van der Waals surface area contributed by atoms with Crippen molar-refractivity contribution >= 4 is 9.90 Å². The standard InChI is InChI=1S/Li.HNO2.H3P/c;2-1-3;/h;(H,2,3);1H3/q+1;;/p-1. The summed E-state index contributed by atoms with van der Waals surface area (Å²) in [5, 5.41) is 9.00. The maximum atomic E-state index is 8.00. The smallest absolute Gasteiger partial charge is 0.444 e. The molecule has 0 spiro atoms. The van der Waals surface area contributed by atoms with E-state index in [4.69, 9.17) is 10.1 Å². The molecule has 0 N–H and O–H groups in total. The number of hydrogen-bond acceptors (Lipinski definition) is 3. The van der Waals surface area contributed by atoms with Gasteiger partial charge in [0.1, 0.15) is 0 Å². The minimum atomic E-state index is 0. The van der Waals surface area contributed by atoms with Crippen LogP contribution in [0.1, 0.15) is 0 Å². The molecular weight excluding hydrogens is 83.9 g/mol. The third kappa shape index (κ3) is 143. The average Bonchev–Trinajstić information content (AvgIpc) is 0.918. The maximum absolute atomic E-state index is 8.00. The van der Waals surface area contributed by atoms with E-state index in [-0.39, 0.29) is 28.8 Å². The van der Waals surface area contributed by atoms with Crippen molar-refractivity contribution in [3.05, 3.63) is 10.1 Å². The Morgan fingerprint density at radius 3 is 1.60 bits per heavy atom. The zero-order chi connectivity index (χ0) is 2.71. The van der Waals surface area contributed by atoms with E-state index in [1.54, 1.807) is 0 Å². The summed E-state index contributed by atoms with van der Waals surface area (Å²) < 4.78 is 0. The number of nitrogens with zero attached hydrogens (tertiary/aromatic N) is 1. The van der Waals surface area contributed by atoms with Crippen LogP contribution in [0.2, 0.25) is 0 Å². The Morgan fingerprint density at radius 2 is 1.60 bits per heavy atom. The van der Waals surface area contributed by atoms with Gasteiger partial charge in [0, 0.05) is 0 Å². The zero-order valence-corrected chi connectivity index (χ0v) is 4.39. The van der Waals surface area contributed by atoms with Gasteiger partial charge in [0.05, 0.1) is 0 Å². The predicted octanol–water partition coefficient (Wildman–Crippen LogP) is -2.69. The molecule has 3 nitrogen and oxygen atoms in total. The quantitative estimate of drug-likeness (QED) is 0.140. The van der Waals surface area contributed by atoms with E-state index < -0.39 is 0 Å². The first-order valence-electron chi connectivity index (χ1n) is 0.365. The molecule has 5 heavy (non-hydrogen) atoms. The van der Waals surface area contributed by atoms with Crippen molar-refractivity contribution in [3.8, 4) is 0 Å². The first-order valence-corrected chi connectivity index (χ1v) is 0.365. The van der Waals surface area contributed by atoms with E-state index in [0.717, 1.165) is 5.34 Å². The molecule has 0 aliphatic rings. The summed E-state index contributed by atoms with van der Waals surface area (Å²) >= 11 is 0. The van der Waals surface area contributed by atoms with E-state index in [1.807, 2.05) is 0 Å². The van der Waals surface area contributed by atoms with Crippen LogP contribution < -0.4 is 18.9 Å². The number of hydrogen-bond donors (Lipinski definition) is 0. The van der Waals surface area contributed by atoms with Crippen molar-refractivity contribution in [3.63, 3.8) is 0 Å². The van der Waals surface area contributed by atoms with Gasteiger partial charge in [-0.2, -0.15) is 9.90 Å². The van der Waals surface area contributed by atoms with Crippen LogP contribution >= 0.6 is 9.90 Å². The molecule has 0 amide bonds. The summed E-state index contributed by atoms with van der Waals surface area (Å²) in [5.41, 5.74) is 0. The van der Waals surface area contributed by atoms with Crippen LogP contribution in [0.15, 0.2) is 5.34 Å². The molecule has 0 aromatic rings. The molecule has 0 aliphatic heterocycles. The van der Waals surface area contributed by atoms with Gasteiger partial charge in [-0.1, -0.05) is 0 Å². The molecule has 0 aliphatic carbocycles. The van der Waals surface area contributed by atoms with Crippen LogP contribution in [0.3, 0.4) is 0 Å². The van der Waals surface area contributed by atoms with E-state index in [0.29, 0.717) is 0 Å². The topological polar surface area (TPSA) is 52.5 Å². The van der Waals surface area contributed by atoms with Crippen molar-refractivity contribution in [1.82, 2.24) is 0 Å². The Bertz CT molecular complexity index is 17.1. The van der Waals surface area contributed by atoms with Crippen LogP contribution in [0.4, 0.5) is 0 Å². The monoisotopic (exact) mass is 87.0 g/mol. The second-order valence-electron chi connectivity index (χ2n) is 0.0745. The van der Waals surface area contributed by atoms with E-state index in [2.05, 4.69) is 0 Å². The number of rotatable bonds is 0. The Labute approximate surface area is 44.9 Å². The molecule has 0 saturated carbocycles. The van der Waals surface area contributed by atoms with Crippen LogP contribution in [0, 0.1) is 10.1 Å². The molecule has 0 aromatic heterocycles. The molecule has 0 fully saturated rings. The van der Waals surface area contributed by atoms with Gasteiger partial charge < -0.3 is 10.1 Å². The fourth-order valence-electron chi connectivity index (χ4n) is 0.